The summed E-state index contributed by atoms with van der Waals surface area (Å²) in [5.74, 6) is 12.1. The van der Waals surface area contributed by atoms with E-state index in [1.807, 2.05) is 18.2 Å². The van der Waals surface area contributed by atoms with Gasteiger partial charge in [-0.05, 0) is 249 Å². The number of aromatic hydroxyl groups is 1. The molecule has 0 unspecified atom stereocenters. The third-order valence-corrected chi connectivity index (χ3v) is 29.4. The number of H-pyrrole nitrogens is 1. The van der Waals surface area contributed by atoms with Crippen LogP contribution in [0.3, 0.4) is 0 Å². The average molecular weight is 1320 g/mol. The molecule has 0 radical (unpaired) electrons. The molecule has 15 aliphatic rings. The second-order valence-corrected chi connectivity index (χ2v) is 33.9. The van der Waals surface area contributed by atoms with Crippen LogP contribution >= 0.6 is 0 Å². The van der Waals surface area contributed by atoms with E-state index in [1.54, 1.807) is 24.1 Å². The minimum absolute atomic E-state index is 0.0279. The number of nitrogens with zero attached hydrogens (tertiary/aromatic N) is 1. The van der Waals surface area contributed by atoms with Gasteiger partial charge in [-0.1, -0.05) is 49.0 Å². The molecular weight excluding hydrogens is 1230 g/mol. The Morgan fingerprint density at radius 1 is 0.857 bits per heavy atom. The van der Waals surface area contributed by atoms with Gasteiger partial charge in [0.2, 0.25) is 6.29 Å². The molecule has 98 heavy (non-hydrogen) atoms. The number of aromatic nitrogens is 1. The van der Waals surface area contributed by atoms with Crippen molar-refractivity contribution in [3.05, 3.63) is 109 Å². The fourth-order valence-corrected chi connectivity index (χ4v) is 25.6. The minimum atomic E-state index is -2.50. The number of aliphatic hydroxyl groups is 5. The molecule has 5 heterocycles. The summed E-state index contributed by atoms with van der Waals surface area (Å²) in [4.78, 5) is 35.8. The number of aryl methyl sites for hydroxylation is 2. The van der Waals surface area contributed by atoms with E-state index in [9.17, 15) is 35.4 Å². The Morgan fingerprint density at radius 2 is 1.76 bits per heavy atom. The number of ketones is 1. The summed E-state index contributed by atoms with van der Waals surface area (Å²) in [6.45, 7) is -1.21. The van der Waals surface area contributed by atoms with Crippen molar-refractivity contribution in [2.75, 3.05) is 33.5 Å². The largest absolute Gasteiger partial charge is 0.506 e. The van der Waals surface area contributed by atoms with Crippen molar-refractivity contribution in [1.82, 2.24) is 9.88 Å². The van der Waals surface area contributed by atoms with Crippen LogP contribution in [0.25, 0.3) is 33.3 Å². The number of hydrogen-bond acceptors (Lipinski definition) is 13. The zero-order chi connectivity index (χ0) is 66.1. The van der Waals surface area contributed by atoms with Crippen LogP contribution in [0, 0.1) is 75.6 Å². The Labute approximate surface area is 572 Å². The van der Waals surface area contributed by atoms with E-state index in [-0.39, 0.29) is 106 Å². The number of methoxy groups -OCH3 is 1. The molecule has 7 fully saturated rings. The van der Waals surface area contributed by atoms with Gasteiger partial charge in [-0.2, -0.15) is 0 Å². The van der Waals surface area contributed by atoms with Crippen molar-refractivity contribution in [2.24, 2.45) is 51.8 Å². The van der Waals surface area contributed by atoms with E-state index in [1.165, 1.54) is 61.6 Å². The maximum atomic E-state index is 15.9. The molecule has 11 aliphatic carbocycles. The average Bonchev–Trinajstić information content (AvgIpc) is 1.33. The summed E-state index contributed by atoms with van der Waals surface area (Å²) in [7, 11) is 1.64. The van der Waals surface area contributed by atoms with Gasteiger partial charge in [0.05, 0.1) is 49.0 Å². The van der Waals surface area contributed by atoms with Crippen LogP contribution in [0.15, 0.2) is 42.6 Å². The van der Waals surface area contributed by atoms with E-state index in [0.29, 0.717) is 52.9 Å². The Morgan fingerprint density at radius 3 is 2.63 bits per heavy atom. The fraction of sp³-hybridized carbons (Fsp3) is 0.590. The van der Waals surface area contributed by atoms with E-state index in [0.717, 1.165) is 146 Å². The molecule has 4 aromatic carbocycles. The molecule has 510 valence electrons. The van der Waals surface area contributed by atoms with Gasteiger partial charge in [0.15, 0.2) is 17.5 Å². The number of ether oxygens (including phenoxy) is 5. The molecule has 6 saturated carbocycles. The van der Waals surface area contributed by atoms with Crippen molar-refractivity contribution in [3.63, 3.8) is 0 Å². The lowest BCUT2D eigenvalue weighted by Crippen LogP contribution is -2.70. The highest BCUT2D eigenvalue weighted by atomic mass is 16.7. The number of nitrogens with one attached hydrogen (secondary N) is 1. The Balaban J connectivity index is 0.811. The van der Waals surface area contributed by atoms with Crippen LogP contribution < -0.4 is 9.47 Å². The number of carbonyl (C=O) groups is 2. The molecule has 15 heteroatoms. The first kappa shape index (κ1) is 61.2. The number of rotatable bonds is 5. The Bertz CT molecular complexity index is 4520. The predicted octanol–water partition coefficient (Wildman–Crippen LogP) is 11.8. The Hall–Kier alpha value is -6.66. The molecule has 1 amide bonds. The molecule has 5 aromatic rings. The van der Waals surface area contributed by atoms with Gasteiger partial charge in [-0.15, -0.1) is 5.92 Å². The van der Waals surface area contributed by atoms with Crippen LogP contribution in [0.2, 0.25) is 0 Å². The number of phenols is 1. The second kappa shape index (κ2) is 21.7. The highest BCUT2D eigenvalue weighted by Gasteiger charge is 2.70. The van der Waals surface area contributed by atoms with Gasteiger partial charge in [0.25, 0.3) is 5.91 Å². The molecule has 18 atom stereocenters. The summed E-state index contributed by atoms with van der Waals surface area (Å²) in [6.07, 6.45) is 28.1. The minimum Gasteiger partial charge on any atom is -0.506 e. The summed E-state index contributed by atoms with van der Waals surface area (Å²) < 4.78 is 34.7. The first-order chi connectivity index (χ1) is 47.6. The van der Waals surface area contributed by atoms with Gasteiger partial charge in [-0.25, -0.2) is 0 Å². The first-order valence-corrected chi connectivity index (χ1v) is 37.4. The van der Waals surface area contributed by atoms with Crippen LogP contribution in [0.4, 0.5) is 0 Å². The summed E-state index contributed by atoms with van der Waals surface area (Å²) in [5, 5.41) is 77.2. The van der Waals surface area contributed by atoms with Crippen LogP contribution in [-0.2, 0) is 51.9 Å². The molecule has 12 bridgehead atoms. The number of benzene rings is 4. The summed E-state index contributed by atoms with van der Waals surface area (Å²) in [5.41, 5.74) is 9.07. The predicted molar refractivity (Wildman–Crippen MR) is 366 cm³/mol. The number of hydrogen-bond donors (Lipinski definition) is 7. The Kier molecular flexibility index (Phi) is 13.5. The number of carbonyl (C=O) groups excluding carboxylic acids is 2. The number of allylic oxidation sites excluding steroid dienone is 2. The summed E-state index contributed by atoms with van der Waals surface area (Å²) >= 11 is 0. The third kappa shape index (κ3) is 8.39. The lowest BCUT2D eigenvalue weighted by Gasteiger charge is -2.54. The molecule has 1 saturated heterocycles. The first-order valence-electron chi connectivity index (χ1n) is 37.4. The zero-order valence-corrected chi connectivity index (χ0v) is 56.2. The molecule has 15 nitrogen and oxygen atoms in total. The zero-order valence-electron chi connectivity index (χ0n) is 56.2. The highest BCUT2D eigenvalue weighted by Crippen LogP contribution is 2.78. The smallest absolute Gasteiger partial charge is 0.254 e. The van der Waals surface area contributed by atoms with E-state index in [4.69, 9.17) is 23.7 Å². The maximum absolute atomic E-state index is 15.9. The van der Waals surface area contributed by atoms with Crippen molar-refractivity contribution < 1.29 is 63.9 Å². The van der Waals surface area contributed by atoms with Crippen LogP contribution in [0.5, 0.6) is 17.2 Å². The number of aromatic amines is 1. The van der Waals surface area contributed by atoms with Gasteiger partial charge >= 0.3 is 0 Å². The van der Waals surface area contributed by atoms with Crippen molar-refractivity contribution in [2.45, 2.75) is 220 Å². The van der Waals surface area contributed by atoms with Gasteiger partial charge in [-0.3, -0.25) is 9.59 Å². The van der Waals surface area contributed by atoms with Crippen molar-refractivity contribution in [3.8, 4) is 41.1 Å². The third-order valence-electron chi connectivity index (χ3n) is 29.4. The number of aliphatic hydroxyl groups excluding tert-OH is 3. The quantitative estimate of drug-likeness (QED) is 0.0815. The van der Waals surface area contributed by atoms with E-state index in [2.05, 4.69) is 47.2 Å². The second-order valence-electron chi connectivity index (χ2n) is 33.9. The number of fused-ring (bicyclic) bond motifs is 12. The SMILES string of the molecule is COc1c2c3c4c(O)c(c5c6c4c1CCC6=C[C@@H]1CCC[C@@H]51)C(=O)CN1Cc4c(cccc4C1=O)CC#CO[C@H]1[C@H](O)[C@@H](CO[C@@H](c4c[nH]c5cc6c7c(c45)C[C@]4(C[C@H]5C[C@@H]8CCC[C@]8(O)C[C@]75CC6)C[C@@]56CC[C@@H](C5)[C@@H](CCO)C#CC[C@@H]5CC[C@@]4(C5)C6)/C=C/2)O[C@H](O3)[C@@]1(O)CO. The van der Waals surface area contributed by atoms with E-state index < -0.39 is 54.3 Å². The highest BCUT2D eigenvalue weighted by molar-refractivity contribution is 6.17. The molecular formula is C83H90N2O13. The lowest BCUT2D eigenvalue weighted by atomic mass is 9.52. The van der Waals surface area contributed by atoms with Crippen molar-refractivity contribution in [1.29, 1.82) is 0 Å². The monoisotopic (exact) mass is 1320 g/mol. The number of phenolic OH excluding ortho intramolecular Hbond substituents is 1. The van der Waals surface area contributed by atoms with Crippen molar-refractivity contribution >= 4 is 45.0 Å². The fourth-order valence-electron chi connectivity index (χ4n) is 25.6. The van der Waals surface area contributed by atoms with E-state index >= 15 is 4.79 Å². The van der Waals surface area contributed by atoms with Crippen LogP contribution in [0.1, 0.15) is 223 Å². The standard InChI is InChI=1S/C83H90N2O13/c1-94-73-55-16-15-48-29-47-10-4-13-53(47)66-64(48)67(55)69-72(90)68(66)61(88)38-85-37-59-46(9-3-14-54(59)76(85)91)11-6-28-95-75-71(89)63-39-96-62(18-17-56(73)74(69)98-77(97-63)83(75,93)43-87)58-36-84-60-30-49-21-26-81-42-82(92)23-5-12-51(82)31-52(81)34-80(35-57(65(58)60)70(49)81)41-78-24-20-50(33-78)45(22-27-86)8-2-7-44-19-25-79(80,32-44)40-78/h3,9,14,17-18,29-30,36,44-45,47,50-53,62-63,71,75,77,84,86-87,89-90,92-93H,4-5,7,10-13,15-16,19-27,31-35,37-43H2,1H3/b18-17+/t44-,45-,47+,50+,51+,52-,53-,62-,63-,71-,75+,77-,78+,79-,80-,81+,82+,83-/m1/s1. The molecule has 4 aliphatic heterocycles. The molecule has 4 spiro atoms. The topological polar surface area (TPSA) is 221 Å². The number of amides is 1. The molecule has 1 aromatic heterocycles. The van der Waals surface area contributed by atoms with Crippen LogP contribution in [-0.4, -0.2) is 121 Å². The van der Waals surface area contributed by atoms with Gasteiger partial charge in [0, 0.05) is 76.5 Å². The lowest BCUT2D eigenvalue weighted by molar-refractivity contribution is -0.328. The normalized spacial score (nSPS) is 39.7. The molecule has 20 rings (SSSR count). The summed E-state index contributed by atoms with van der Waals surface area (Å²) in [6, 6.07) is 7.87. The number of Topliss-reactive ketones (excluding diaryl/α,β-unsaturated/α-hetero) is 1. The molecule has 7 N–H and O–H groups in total. The maximum Gasteiger partial charge on any atom is 0.254 e. The van der Waals surface area contributed by atoms with Gasteiger partial charge in [0.1, 0.15) is 41.7 Å². The van der Waals surface area contributed by atoms with Gasteiger partial charge < -0.3 is 64.2 Å².